The van der Waals surface area contributed by atoms with Crippen LogP contribution in [-0.2, 0) is 42.7 Å². The number of carbonyl (C=O) groups is 4. The molecule has 2 aliphatic heterocycles. The van der Waals surface area contributed by atoms with Crippen LogP contribution in [0.5, 0.6) is 0 Å². The number of nitrogens with zero attached hydrogens (tertiary/aromatic N) is 6. The first-order valence-electron chi connectivity index (χ1n) is 21.9. The van der Waals surface area contributed by atoms with Crippen LogP contribution in [0.15, 0.2) is 59.5 Å². The highest BCUT2D eigenvalue weighted by Crippen LogP contribution is 2.39. The number of imidazole rings is 1. The first kappa shape index (κ1) is 44.7. The number of ether oxygens (including phenoxy) is 2. The van der Waals surface area contributed by atoms with Crippen molar-refractivity contribution in [3.8, 4) is 0 Å². The van der Waals surface area contributed by atoms with Crippen LogP contribution in [0, 0.1) is 5.92 Å². The molecule has 0 bridgehead atoms. The van der Waals surface area contributed by atoms with Crippen molar-refractivity contribution in [3.05, 3.63) is 87.7 Å². The van der Waals surface area contributed by atoms with Crippen molar-refractivity contribution >= 4 is 51.3 Å². The fourth-order valence-electron chi connectivity index (χ4n) is 9.72. The van der Waals surface area contributed by atoms with Gasteiger partial charge in [-0.3, -0.25) is 33.5 Å². The van der Waals surface area contributed by atoms with E-state index >= 15 is 0 Å². The van der Waals surface area contributed by atoms with E-state index in [0.29, 0.717) is 34.3 Å². The number of likely N-dealkylation sites (tertiary alicyclic amines) is 1. The summed E-state index contributed by atoms with van der Waals surface area (Å²) in [5.41, 5.74) is 1.03. The van der Waals surface area contributed by atoms with Crippen molar-refractivity contribution in [2.24, 2.45) is 13.0 Å². The molecule has 2 N–H and O–H groups in total. The number of benzene rings is 2. The molecule has 5 aromatic rings. The molecule has 1 saturated carbocycles. The number of fused-ring (bicyclic) bond motifs is 2. The van der Waals surface area contributed by atoms with Crippen molar-refractivity contribution in [1.29, 1.82) is 0 Å². The number of anilines is 1. The number of rotatable bonds is 12. The molecule has 0 radical (unpaired) electrons. The third kappa shape index (κ3) is 9.20. The highest BCUT2D eigenvalue weighted by Gasteiger charge is 2.35. The molecule has 340 valence electrons. The maximum Gasteiger partial charge on any atom is 0.433 e. The summed E-state index contributed by atoms with van der Waals surface area (Å²) in [7, 11) is 1.75. The number of alkyl halides is 3. The van der Waals surface area contributed by atoms with E-state index in [2.05, 4.69) is 26.6 Å². The molecule has 8 rings (SSSR count). The van der Waals surface area contributed by atoms with Crippen LogP contribution in [0.4, 0.5) is 18.9 Å². The minimum atomic E-state index is -4.73. The summed E-state index contributed by atoms with van der Waals surface area (Å²) < 4.78 is 56.5. The Kier molecular flexibility index (Phi) is 12.5. The number of nitrogens with one attached hydrogen (secondary N) is 2. The van der Waals surface area contributed by atoms with Gasteiger partial charge in [-0.05, 0) is 127 Å². The van der Waals surface area contributed by atoms with Crippen LogP contribution < -0.4 is 16.3 Å². The predicted octanol–water partition coefficient (Wildman–Crippen LogP) is 6.76. The lowest BCUT2D eigenvalue weighted by Gasteiger charge is -2.37. The fourth-order valence-corrected chi connectivity index (χ4v) is 9.72. The molecule has 2 aromatic carbocycles. The molecule has 64 heavy (non-hydrogen) atoms. The fraction of sp³-hybridized carbons (Fsp3) is 0.500. The number of piperidine rings is 2. The zero-order valence-electron chi connectivity index (χ0n) is 36.4. The third-order valence-corrected chi connectivity index (χ3v) is 13.1. The molecule has 2 saturated heterocycles. The zero-order valence-corrected chi connectivity index (χ0v) is 36.4. The number of carbonyl (C=O) groups excluding carboxylic acids is 4. The summed E-state index contributed by atoms with van der Waals surface area (Å²) in [6, 6.07) is 12.0. The SMILES string of the molecule is CCOC(=O)COC(C)(C)c1cc2nn(C3CCC(CN4CCC(c5cccc6c5n(C)c(=O)n6C5CCC(=O)NC5=O)CC4)CC3)cc2cc1NC(=O)c1cccc(C(F)(F)F)n1. The molecule has 1 aliphatic carbocycles. The minimum absolute atomic E-state index is 0.137. The average Bonchev–Trinajstić information content (AvgIpc) is 3.80. The molecule has 3 fully saturated rings. The Morgan fingerprint density at radius 1 is 0.953 bits per heavy atom. The number of hydrogen-bond acceptors (Lipinski definition) is 10. The van der Waals surface area contributed by atoms with Crippen molar-refractivity contribution in [2.45, 2.75) is 102 Å². The monoisotopic (exact) mass is 886 g/mol. The Hall–Kier alpha value is -5.88. The molecule has 3 amide bonds. The molecule has 3 aromatic heterocycles. The topological polar surface area (TPSA) is 172 Å². The maximum absolute atomic E-state index is 13.5. The van der Waals surface area contributed by atoms with Gasteiger partial charge in [-0.2, -0.15) is 18.3 Å². The van der Waals surface area contributed by atoms with Gasteiger partial charge in [0.2, 0.25) is 11.8 Å². The van der Waals surface area contributed by atoms with Crippen LogP contribution in [-0.4, -0.2) is 85.3 Å². The third-order valence-electron chi connectivity index (χ3n) is 13.1. The van der Waals surface area contributed by atoms with Gasteiger partial charge in [-0.1, -0.05) is 18.2 Å². The highest BCUT2D eigenvalue weighted by molar-refractivity contribution is 6.04. The number of esters is 1. The second kappa shape index (κ2) is 17.9. The number of hydrogen-bond donors (Lipinski definition) is 2. The summed E-state index contributed by atoms with van der Waals surface area (Å²) in [6.45, 7) is 7.79. The molecule has 1 atom stereocenters. The van der Waals surface area contributed by atoms with Crippen LogP contribution in [0.3, 0.4) is 0 Å². The van der Waals surface area contributed by atoms with E-state index in [1.165, 1.54) is 6.07 Å². The van der Waals surface area contributed by atoms with Gasteiger partial charge in [0, 0.05) is 42.8 Å². The van der Waals surface area contributed by atoms with E-state index < -0.39 is 47.0 Å². The molecule has 0 spiro atoms. The Morgan fingerprint density at radius 2 is 1.69 bits per heavy atom. The van der Waals surface area contributed by atoms with E-state index in [4.69, 9.17) is 14.6 Å². The quantitative estimate of drug-likeness (QED) is 0.101. The molecular formula is C46H53F3N8O7. The molecule has 18 heteroatoms. The van der Waals surface area contributed by atoms with E-state index in [1.807, 2.05) is 23.0 Å². The first-order valence-corrected chi connectivity index (χ1v) is 21.9. The highest BCUT2D eigenvalue weighted by atomic mass is 19.4. The Balaban J connectivity index is 0.925. The Morgan fingerprint density at radius 3 is 2.39 bits per heavy atom. The lowest BCUT2D eigenvalue weighted by Crippen LogP contribution is -2.44. The maximum atomic E-state index is 13.5. The standard InChI is InChI=1S/C46H53F3N8O7/c1-5-63-40(59)26-64-45(2,3)32-23-34-29(22-35(32)51-42(60)33-9-7-11-38(50-33)46(47,48)49)25-56(53-34)30-14-12-27(13-15-30)24-55-20-18-28(19-21-55)31-8-6-10-36-41(31)54(4)44(62)57(36)37-16-17-39(58)52-43(37)61/h6-11,22-23,25,27-28,30,37H,5,12-21,24,26H2,1-4H3,(H,51,60)(H,52,58,61). The lowest BCUT2D eigenvalue weighted by molar-refractivity contribution is -0.154. The normalized spacial score (nSPS) is 20.5. The number of halogens is 3. The van der Waals surface area contributed by atoms with Crippen LogP contribution in [0.25, 0.3) is 21.9 Å². The smallest absolute Gasteiger partial charge is 0.433 e. The van der Waals surface area contributed by atoms with Gasteiger partial charge in [0.1, 0.15) is 24.0 Å². The molecule has 1 unspecified atom stereocenters. The minimum Gasteiger partial charge on any atom is -0.464 e. The van der Waals surface area contributed by atoms with Crippen LogP contribution in [0.1, 0.15) is 117 Å². The van der Waals surface area contributed by atoms with Gasteiger partial charge in [0.05, 0.1) is 34.8 Å². The van der Waals surface area contributed by atoms with E-state index in [9.17, 15) is 37.1 Å². The predicted molar refractivity (Wildman–Crippen MR) is 231 cm³/mol. The van der Waals surface area contributed by atoms with Crippen molar-refractivity contribution in [1.82, 2.24) is 34.1 Å². The number of imide groups is 1. The lowest BCUT2D eigenvalue weighted by atomic mass is 9.84. The van der Waals surface area contributed by atoms with Gasteiger partial charge in [-0.25, -0.2) is 14.6 Å². The van der Waals surface area contributed by atoms with Crippen molar-refractivity contribution in [3.63, 3.8) is 0 Å². The summed E-state index contributed by atoms with van der Waals surface area (Å²) in [4.78, 5) is 69.8. The largest absolute Gasteiger partial charge is 0.464 e. The average molecular weight is 887 g/mol. The van der Waals surface area contributed by atoms with Gasteiger partial charge < -0.3 is 19.7 Å². The van der Waals surface area contributed by atoms with Gasteiger partial charge in [0.15, 0.2) is 0 Å². The van der Waals surface area contributed by atoms with E-state index in [0.717, 1.165) is 81.4 Å². The zero-order chi connectivity index (χ0) is 45.5. The summed E-state index contributed by atoms with van der Waals surface area (Å²) in [5, 5.41) is 10.8. The van der Waals surface area contributed by atoms with Crippen molar-refractivity contribution in [2.75, 3.05) is 38.2 Å². The van der Waals surface area contributed by atoms with E-state index in [1.54, 1.807) is 49.1 Å². The number of aromatic nitrogens is 5. The number of para-hydroxylation sites is 1. The Labute approximate surface area is 367 Å². The molecular weight excluding hydrogens is 834 g/mol. The van der Waals surface area contributed by atoms with Crippen LogP contribution in [0.2, 0.25) is 0 Å². The number of pyridine rings is 1. The van der Waals surface area contributed by atoms with Crippen molar-refractivity contribution < 1.29 is 41.8 Å². The van der Waals surface area contributed by atoms with Gasteiger partial charge >= 0.3 is 17.8 Å². The summed E-state index contributed by atoms with van der Waals surface area (Å²) in [5.74, 6) is -1.40. The van der Waals surface area contributed by atoms with Crippen LogP contribution >= 0.6 is 0 Å². The van der Waals surface area contributed by atoms with Gasteiger partial charge in [0.25, 0.3) is 5.91 Å². The first-order chi connectivity index (χ1) is 30.5. The number of aryl methyl sites for hydroxylation is 1. The second-order valence-electron chi connectivity index (χ2n) is 17.7. The molecule has 5 heterocycles. The molecule has 15 nitrogen and oxygen atoms in total. The Bertz CT molecular complexity index is 2650. The second-order valence-corrected chi connectivity index (χ2v) is 17.7. The summed E-state index contributed by atoms with van der Waals surface area (Å²) >= 11 is 0. The van der Waals surface area contributed by atoms with E-state index in [-0.39, 0.29) is 48.9 Å². The van der Waals surface area contributed by atoms with Gasteiger partial charge in [-0.15, -0.1) is 0 Å². The summed E-state index contributed by atoms with van der Waals surface area (Å²) in [6.07, 6.45) is 3.43. The molecule has 3 aliphatic rings. The number of amides is 3.